The molecule has 0 spiro atoms. The summed E-state index contributed by atoms with van der Waals surface area (Å²) in [4.78, 5) is 40.4. The van der Waals surface area contributed by atoms with Crippen LogP contribution in [0.4, 0.5) is 0 Å². The zero-order chi connectivity index (χ0) is 33.7. The van der Waals surface area contributed by atoms with Crippen molar-refractivity contribution in [3.8, 4) is 0 Å². The minimum Gasteiger partial charge on any atom is -0.148 e. The van der Waals surface area contributed by atoms with Crippen molar-refractivity contribution in [3.05, 3.63) is 182 Å². The molecule has 8 heteroatoms. The van der Waals surface area contributed by atoms with Crippen LogP contribution in [0.3, 0.4) is 0 Å². The Morgan fingerprint density at radius 3 is 0.604 bits per heavy atom. The Labute approximate surface area is 284 Å². The second-order valence-corrected chi connectivity index (χ2v) is 23.8. The molecule has 0 bridgehead atoms. The molecule has 6 aromatic carbocycles. The van der Waals surface area contributed by atoms with Crippen molar-refractivity contribution in [1.29, 1.82) is 0 Å². The van der Waals surface area contributed by atoms with Gasteiger partial charge in [0.1, 0.15) is 0 Å². The Bertz CT molecular complexity index is 1710. The van der Waals surface area contributed by atoms with Gasteiger partial charge in [-0.3, -0.25) is 0 Å². The summed E-state index contributed by atoms with van der Waals surface area (Å²) in [6.45, 7) is 0. The Kier molecular flexibility index (Phi) is 11.8. The van der Waals surface area contributed by atoms with Gasteiger partial charge in [-0.15, -0.1) is 4.17 Å². The van der Waals surface area contributed by atoms with E-state index in [0.29, 0.717) is 0 Å². The first kappa shape index (κ1) is 34.6. The molecule has 0 amide bonds. The summed E-state index contributed by atoms with van der Waals surface area (Å²) in [5.74, 6) is 0. The van der Waals surface area contributed by atoms with Crippen LogP contribution in [0, 0.1) is 0 Å². The summed E-state index contributed by atoms with van der Waals surface area (Å²) in [7, 11) is -4.99. The van der Waals surface area contributed by atoms with E-state index in [1.807, 2.05) is 0 Å². The number of carbonyl (C=O) groups is 4. The minimum absolute atomic E-state index is 0.188. The Hall–Kier alpha value is -4.78. The molecular formula is C40H34IrNO4P2+. The van der Waals surface area contributed by atoms with Gasteiger partial charge in [0, 0.05) is 0 Å². The third kappa shape index (κ3) is 7.05. The van der Waals surface area contributed by atoms with E-state index in [9.17, 15) is 19.2 Å². The molecule has 0 radical (unpaired) electrons. The summed E-state index contributed by atoms with van der Waals surface area (Å²) >= 11 is -3.89. The van der Waals surface area contributed by atoms with Crippen LogP contribution in [0.1, 0.15) is 0 Å². The summed E-state index contributed by atoms with van der Waals surface area (Å²) in [6, 6.07) is 65.7. The van der Waals surface area contributed by atoms with Crippen LogP contribution in [0.5, 0.6) is 0 Å². The first-order valence-electron chi connectivity index (χ1n) is 14.9. The Morgan fingerprint density at radius 2 is 0.479 bits per heavy atom. The van der Waals surface area contributed by atoms with Crippen molar-refractivity contribution in [2.45, 2.75) is 0 Å². The van der Waals surface area contributed by atoms with Gasteiger partial charge >= 0.3 is 67.8 Å². The Balaban J connectivity index is 0.000000441. The molecule has 0 aliphatic carbocycles. The molecule has 0 N–H and O–H groups in total. The van der Waals surface area contributed by atoms with Crippen molar-refractivity contribution in [3.63, 3.8) is 0 Å². The van der Waals surface area contributed by atoms with Crippen LogP contribution in [0.15, 0.2) is 182 Å². The number of hydrogen-bond acceptors (Lipinski definition) is 4. The van der Waals surface area contributed by atoms with Crippen LogP contribution in [-0.2, 0) is 34.5 Å². The van der Waals surface area contributed by atoms with Crippen LogP contribution < -0.4 is 36.0 Å². The van der Waals surface area contributed by atoms with Gasteiger partial charge in [-0.1, -0.05) is 109 Å². The molecule has 0 saturated carbocycles. The fourth-order valence-corrected chi connectivity index (χ4v) is 15.7. The van der Waals surface area contributed by atoms with Crippen LogP contribution >= 0.6 is 14.1 Å². The van der Waals surface area contributed by atoms with E-state index >= 15 is 0 Å². The molecule has 0 fully saturated rings. The topological polar surface area (TPSA) is 82.4 Å². The second-order valence-electron chi connectivity index (χ2n) is 10.4. The van der Waals surface area contributed by atoms with E-state index in [0.717, 1.165) is 0 Å². The number of carbonyl (C=O) groups excluding carboxylic acids is 4. The summed E-state index contributed by atoms with van der Waals surface area (Å²) in [6.07, 6.45) is 0. The third-order valence-electron chi connectivity index (χ3n) is 7.59. The van der Waals surface area contributed by atoms with E-state index in [-0.39, 0.29) is 19.2 Å². The van der Waals surface area contributed by atoms with Crippen molar-refractivity contribution in [2.75, 3.05) is 0 Å². The smallest absolute Gasteiger partial charge is 0.148 e. The zero-order valence-electron chi connectivity index (χ0n) is 25.9. The molecule has 0 heterocycles. The summed E-state index contributed by atoms with van der Waals surface area (Å²) < 4.78 is 6.38. The molecule has 0 saturated heterocycles. The third-order valence-corrected chi connectivity index (χ3v) is 19.9. The number of nitrogens with zero attached hydrogens (tertiary/aromatic N) is 1. The first-order valence-corrected chi connectivity index (χ1v) is 23.9. The molecule has 0 atom stereocenters. The van der Waals surface area contributed by atoms with Crippen LogP contribution in [0.2, 0.25) is 0 Å². The molecule has 0 aromatic heterocycles. The molecular weight excluding hydrogens is 813 g/mol. The van der Waals surface area contributed by atoms with Crippen LogP contribution in [-0.4, -0.2) is 19.2 Å². The largest absolute Gasteiger partial charge is 0.301 e. The monoisotopic (exact) mass is 847 g/mol. The van der Waals surface area contributed by atoms with Gasteiger partial charge in [0.15, 0.2) is 0 Å². The van der Waals surface area contributed by atoms with Crippen molar-refractivity contribution < 1.29 is 34.5 Å². The van der Waals surface area contributed by atoms with Gasteiger partial charge in [-0.2, -0.15) is 0 Å². The first-order chi connectivity index (χ1) is 23.6. The normalized spacial score (nSPS) is 11.5. The van der Waals surface area contributed by atoms with E-state index in [4.69, 9.17) is 4.17 Å². The van der Waals surface area contributed by atoms with E-state index in [1.165, 1.54) is 31.8 Å². The van der Waals surface area contributed by atoms with Crippen molar-refractivity contribution in [1.82, 2.24) is 4.17 Å². The average molecular weight is 847 g/mol. The molecule has 241 valence electrons. The van der Waals surface area contributed by atoms with Gasteiger partial charge in [0.2, 0.25) is 0 Å². The number of benzene rings is 6. The van der Waals surface area contributed by atoms with Gasteiger partial charge in [0.25, 0.3) is 0 Å². The maximum atomic E-state index is 9.91. The Morgan fingerprint density at radius 1 is 0.312 bits per heavy atom. The van der Waals surface area contributed by atoms with E-state index < -0.39 is 29.4 Å². The van der Waals surface area contributed by atoms with Gasteiger partial charge in [-0.25, -0.2) is 0 Å². The molecule has 0 aliphatic rings. The molecule has 0 unspecified atom stereocenters. The molecule has 48 heavy (non-hydrogen) atoms. The van der Waals surface area contributed by atoms with E-state index in [2.05, 4.69) is 182 Å². The van der Waals surface area contributed by atoms with Crippen molar-refractivity contribution in [2.24, 2.45) is 0 Å². The summed E-state index contributed by atoms with van der Waals surface area (Å²) in [5, 5.41) is 7.55. The molecule has 5 nitrogen and oxygen atoms in total. The minimum atomic E-state index is -3.89. The molecule has 6 aromatic rings. The fraction of sp³-hybridized carbons (Fsp3) is 0. The van der Waals surface area contributed by atoms with Gasteiger partial charge in [0.05, 0.1) is 31.8 Å². The zero-order valence-corrected chi connectivity index (χ0v) is 30.1. The molecule has 6 rings (SSSR count). The predicted octanol–water partition coefficient (Wildman–Crippen LogP) is 5.31. The van der Waals surface area contributed by atoms with Gasteiger partial charge < -0.3 is 0 Å². The molecule has 0 aliphatic heterocycles. The van der Waals surface area contributed by atoms with Crippen LogP contribution in [0.25, 0.3) is 0 Å². The maximum absolute atomic E-state index is 9.91. The number of rotatable bonds is 10. The van der Waals surface area contributed by atoms with E-state index in [1.54, 1.807) is 0 Å². The SMILES string of the molecule is O=[CH][Ir]([CH]=O)([CH]=O)[CH]=O.c1ccc(P(=[N+]=P(c2ccccc2)(c2ccccc2)c2ccccc2)(c2ccccc2)c2ccccc2)cc1. The quantitative estimate of drug-likeness (QED) is 0.107. The fourth-order valence-electron chi connectivity index (χ4n) is 5.38. The second kappa shape index (κ2) is 16.4. The van der Waals surface area contributed by atoms with Gasteiger partial charge in [-0.05, 0) is 72.8 Å². The summed E-state index contributed by atoms with van der Waals surface area (Å²) in [5.41, 5.74) is 0. The van der Waals surface area contributed by atoms with Crippen molar-refractivity contribution >= 4 is 65.1 Å². The maximum Gasteiger partial charge on any atom is 0.301 e. The standard InChI is InChI=1S/C36H30NP2.4CHO.Ir/c1-7-19-31(20-8-1)38(32-21-9-2-10-22-32,33-23-11-3-12-24-33)37-39(34-25-13-4-14-26-34,35-27-15-5-16-28-35)36-29-17-6-18-30-36;4*1-2;/h1-30H;4*1H;/q+1;;;;;. The number of hydrogen-bond donors (Lipinski definition) is 0. The predicted molar refractivity (Wildman–Crippen MR) is 199 cm³/mol. The average Bonchev–Trinajstić information content (AvgIpc) is 3.19.